The number of carbonyl (C=O) groups is 4. The molecule has 6 aromatic rings. The van der Waals surface area contributed by atoms with E-state index in [2.05, 4.69) is 226 Å². The van der Waals surface area contributed by atoms with Gasteiger partial charge in [0.1, 0.15) is 42.8 Å². The molecule has 6 heterocycles. The van der Waals surface area contributed by atoms with E-state index in [1.54, 1.807) is 12.1 Å². The van der Waals surface area contributed by atoms with Crippen molar-refractivity contribution in [2.45, 2.75) is 376 Å². The number of hydrogen-bond donors (Lipinski definition) is 10. The van der Waals surface area contributed by atoms with E-state index in [1.165, 1.54) is 57.2 Å². The molecule has 0 aliphatic carbocycles. The molecule has 0 radical (unpaired) electrons. The predicted molar refractivity (Wildman–Crippen MR) is 601 cm³/mol. The van der Waals surface area contributed by atoms with E-state index in [9.17, 15) is 38.3 Å². The molecule has 0 saturated carbocycles. The third kappa shape index (κ3) is 55.0. The summed E-state index contributed by atoms with van der Waals surface area (Å²) in [6.07, 6.45) is 10.6. The van der Waals surface area contributed by atoms with Crippen molar-refractivity contribution in [3.63, 3.8) is 0 Å². The highest BCUT2D eigenvalue weighted by atomic mass is 35.5. The summed E-state index contributed by atoms with van der Waals surface area (Å²) in [5, 5.41) is 36.6. The molecule has 10 atom stereocenters. The molecule has 4 fully saturated rings. The van der Waals surface area contributed by atoms with Gasteiger partial charge >= 0.3 is 23.6 Å². The Morgan fingerprint density at radius 2 is 1.06 bits per heavy atom. The zero-order valence-corrected chi connectivity index (χ0v) is 96.3. The molecular formula is C107H177ClF2N10O19P2S4. The minimum absolute atomic E-state index is 0. The molecule has 2 aromatic heterocycles. The van der Waals surface area contributed by atoms with Gasteiger partial charge in [-0.3, -0.25) is 38.7 Å². The van der Waals surface area contributed by atoms with Crippen molar-refractivity contribution in [3.05, 3.63) is 188 Å². The van der Waals surface area contributed by atoms with E-state index in [4.69, 9.17) is 53.1 Å². The van der Waals surface area contributed by atoms with Gasteiger partial charge in [0.25, 0.3) is 0 Å². The number of aliphatic hydroxyl groups is 4. The minimum atomic E-state index is -1.87. The summed E-state index contributed by atoms with van der Waals surface area (Å²) in [7, 11) is 8.86. The third-order valence-electron chi connectivity index (χ3n) is 23.2. The quantitative estimate of drug-likeness (QED) is 0.00559. The second kappa shape index (κ2) is 76.3. The lowest BCUT2D eigenvalue weighted by Crippen LogP contribution is -2.37. The van der Waals surface area contributed by atoms with E-state index >= 15 is 4.39 Å². The number of aryl methyl sites for hydroxylation is 1. The van der Waals surface area contributed by atoms with Gasteiger partial charge in [0, 0.05) is 135 Å². The Bertz CT molecular complexity index is 4640. The van der Waals surface area contributed by atoms with Gasteiger partial charge in [0.05, 0.1) is 47.6 Å². The SMILES string of the molecule is C#C.CC(C)N(P)C(C)C.CC(C)NC(C)C.CCC1(CC)COC(c2ccc(CCC(=O)CCC(C)(C)S)cc2)OC1.CCC1(CC)COC(c2ccc(CNC(=O)CCC(C)(C)SSCCCCO)cc2)OC1.CCCCS.Cl.[2H]CC1OC(n2ccc(NC(=O)OCc3ccccc3)nc2=O)C(F)C1O.[2H]CC1OC(n2ccc(NC(=O)OCc3ccccc3)nc2=O)C(F)C1OPN(C(C)C)C(C)C.[3H]OC.[3H]OC. The van der Waals surface area contributed by atoms with Gasteiger partial charge in [0.15, 0.2) is 37.4 Å². The molecule has 824 valence electrons. The molecular weight excluding hydrogens is 1990 g/mol. The highest BCUT2D eigenvalue weighted by Gasteiger charge is 2.47. The molecule has 38 heteroatoms. The van der Waals surface area contributed by atoms with E-state index in [1.807, 2.05) is 136 Å². The van der Waals surface area contributed by atoms with Crippen molar-refractivity contribution in [2.75, 3.05) is 69.4 Å². The highest BCUT2D eigenvalue weighted by Crippen LogP contribution is 2.43. The molecule has 8 N–H and O–H groups in total. The third-order valence-corrected chi connectivity index (χ3v) is 30.0. The number of unbranched alkanes of at least 4 members (excludes halogenated alkanes) is 2. The number of Topliss-reactive ketones (excluding diaryl/α,β-unsaturated/α-hetero) is 1. The van der Waals surface area contributed by atoms with Crippen LogP contribution in [0, 0.1) is 23.7 Å². The van der Waals surface area contributed by atoms with E-state index in [0.717, 1.165) is 133 Å². The van der Waals surface area contributed by atoms with Crippen molar-refractivity contribution >= 4 is 113 Å². The second-order valence-electron chi connectivity index (χ2n) is 37.9. The first kappa shape index (κ1) is 131. The number of ether oxygens (including phenoxy) is 8. The number of benzene rings is 4. The number of hydrogen-bond acceptors (Lipinski definition) is 28. The molecule has 145 heavy (non-hydrogen) atoms. The minimum Gasteiger partial charge on any atom is -0.444 e. The summed E-state index contributed by atoms with van der Waals surface area (Å²) >= 11 is 8.48. The smallest absolute Gasteiger partial charge is 0.413 e. The standard InChI is InChI=1S/C25H41NO4S2.C23H32FN4O5P.C22H34O3S.C17H18FN3O5.C6H16NP.C6H15N.C4H10S.C2H2.2CH4O.ClH/c1-5-25(6-2)18-29-23(30-19-25)21-11-9-20(10-12-21)17-26-22(28)13-14-24(3,4)32-31-16-8-7-15-27;1-14(2)28(15(3)4)34-33-20-16(5)32-21(19(20)24)27-12-11-18(25-22(27)29)26-23(30)31-13-17-9-7-6-8-10-17;1-5-22(6-2)15-24-20(25-16-22)18-10-7-17(8-11-18)9-12-19(23)13-14-21(3,4)26;1-10-14(22)13(18)15(26-10)21-8-7-12(19-16(21)23)20-17(24)25-9-11-5-3-2-4-6-11;1-5(2)7(8)6(3)4;1-5(2)7-6(3)4;1-2-3-4-5;3*1-2;/h9-12,23,27H,5-8,13-19H2,1-4H3,(H,26,28);6-12,14-16,19-21,34H,13H2,1-5H3,(H,25,26,29,30);7-8,10-11,20,26H,5-6,9,12-16H2,1-4H3;2-8,10,13-15,22H,9H2,1H3,(H,19,20,23,24);5-6H,8H2,1-4H3;5-7H,1-4H3;5H,2-4H2,1H3;1-2H;2*2H,1H3;1H/i;5D;;1D;;;;;2*2T;. The van der Waals surface area contributed by atoms with Gasteiger partial charge in [-0.2, -0.15) is 35.2 Å². The molecule has 4 aromatic carbocycles. The average molecular weight is 2180 g/mol. The number of nitrogens with one attached hydrogen (secondary N) is 4. The summed E-state index contributed by atoms with van der Waals surface area (Å²) in [5.41, 5.74) is 4.56. The summed E-state index contributed by atoms with van der Waals surface area (Å²) < 4.78 is 113. The number of terminal acetylenes is 1. The van der Waals surface area contributed by atoms with Crippen molar-refractivity contribution < 1.29 is 93.5 Å². The fourth-order valence-corrected chi connectivity index (χ4v) is 18.1. The first-order valence-electron chi connectivity index (χ1n) is 51.9. The maximum Gasteiger partial charge on any atom is 0.413 e. The number of halogens is 3. The van der Waals surface area contributed by atoms with Crippen LogP contribution in [-0.4, -0.2) is 217 Å². The lowest BCUT2D eigenvalue weighted by Gasteiger charge is -2.39. The zero-order chi connectivity index (χ0) is 112. The number of amides is 3. The van der Waals surface area contributed by atoms with Crippen LogP contribution in [0.2, 0.25) is 0 Å². The van der Waals surface area contributed by atoms with Crippen LogP contribution >= 0.6 is 77.6 Å². The molecule has 4 saturated heterocycles. The normalized spacial score (nSPS) is 18.7. The Hall–Kier alpha value is -6.27. The summed E-state index contributed by atoms with van der Waals surface area (Å²) in [6, 6.07) is 40.1. The van der Waals surface area contributed by atoms with Crippen molar-refractivity contribution in [2.24, 2.45) is 10.8 Å². The Morgan fingerprint density at radius 3 is 1.41 bits per heavy atom. The summed E-state index contributed by atoms with van der Waals surface area (Å²) in [6.45, 7) is 48.2. The van der Waals surface area contributed by atoms with Crippen LogP contribution in [0.1, 0.15) is 304 Å². The molecule has 10 rings (SSSR count). The molecule has 3 amide bonds. The average Bonchev–Trinajstić information content (AvgIpc) is 1.64. The number of anilines is 2. The number of alkyl halides is 2. The van der Waals surface area contributed by atoms with Gasteiger partial charge in [-0.05, 0) is 187 Å². The van der Waals surface area contributed by atoms with Gasteiger partial charge < -0.3 is 73.5 Å². The van der Waals surface area contributed by atoms with Crippen LogP contribution in [0.3, 0.4) is 0 Å². The molecule has 4 aliphatic rings. The van der Waals surface area contributed by atoms with Gasteiger partial charge in [-0.25, -0.2) is 28.0 Å². The molecule has 0 spiro atoms. The zero-order valence-electron chi connectivity index (χ0n) is 93.9. The second-order valence-corrected chi connectivity index (χ2v) is 44.2. The Labute approximate surface area is 900 Å². The largest absolute Gasteiger partial charge is 0.444 e. The number of aromatic nitrogens is 4. The number of carbonyl (C=O) groups excluding carboxylic acids is 4. The van der Waals surface area contributed by atoms with Crippen molar-refractivity contribution in [1.82, 2.24) is 39.1 Å². The predicted octanol–water partition coefficient (Wildman–Crippen LogP) is 22.2. The number of aliphatic hydroxyl groups excluding tert-OH is 4. The lowest BCUT2D eigenvalue weighted by atomic mass is 9.83. The summed E-state index contributed by atoms with van der Waals surface area (Å²) in [4.78, 5) is 80.3. The van der Waals surface area contributed by atoms with Crippen LogP contribution in [-0.2, 0) is 78.2 Å². The van der Waals surface area contributed by atoms with Crippen LogP contribution in [0.4, 0.5) is 30.0 Å². The van der Waals surface area contributed by atoms with Crippen LogP contribution in [0.25, 0.3) is 0 Å². The molecule has 4 aliphatic heterocycles. The van der Waals surface area contributed by atoms with Crippen LogP contribution in [0.5, 0.6) is 0 Å². The van der Waals surface area contributed by atoms with E-state index in [0.29, 0.717) is 55.8 Å². The fraction of sp³-hybridized carbons (Fsp3) is 0.645. The van der Waals surface area contributed by atoms with E-state index < -0.39 is 72.8 Å². The Kier molecular flexibility index (Phi) is 68.9. The number of ketones is 1. The van der Waals surface area contributed by atoms with Gasteiger partial charge in [0.2, 0.25) is 8.77 Å². The van der Waals surface area contributed by atoms with Crippen molar-refractivity contribution in [3.8, 4) is 12.8 Å². The monoisotopic (exact) mass is 2180 g/mol. The maximum absolute atomic E-state index is 15.4. The number of rotatable bonds is 42. The van der Waals surface area contributed by atoms with Crippen molar-refractivity contribution in [1.29, 1.82) is 2.86 Å². The number of thiol groups is 2. The van der Waals surface area contributed by atoms with Crippen LogP contribution < -0.4 is 32.6 Å². The van der Waals surface area contributed by atoms with Gasteiger partial charge in [-0.1, -0.05) is 223 Å². The highest BCUT2D eigenvalue weighted by molar-refractivity contribution is 8.77. The Morgan fingerprint density at radius 1 is 0.628 bits per heavy atom. The first-order valence-corrected chi connectivity index (χ1v) is 54.5. The topological polar surface area (TPSA) is 357 Å². The Balaban J connectivity index is 0.00000180. The summed E-state index contributed by atoms with van der Waals surface area (Å²) in [5.74, 6) is 2.37. The number of nitrogens with zero attached hydrogens (tertiary/aromatic N) is 6. The molecule has 0 bridgehead atoms. The lowest BCUT2D eigenvalue weighted by molar-refractivity contribution is -0.235. The first-order chi connectivity index (χ1) is 70.2. The molecule has 10 unspecified atom stereocenters. The molecule has 29 nitrogen and oxygen atoms in total. The van der Waals surface area contributed by atoms with E-state index in [-0.39, 0.29) is 118 Å². The van der Waals surface area contributed by atoms with Gasteiger partial charge in [-0.15, -0.1) is 25.3 Å². The maximum atomic E-state index is 15.4. The van der Waals surface area contributed by atoms with Crippen LogP contribution in [0.15, 0.2) is 143 Å². The fourth-order valence-electron chi connectivity index (χ4n) is 14.0.